The second-order valence-corrected chi connectivity index (χ2v) is 2.45. The fraction of sp³-hybridized carbons (Fsp3) is 1.00. The topological polar surface area (TPSA) is 32.3 Å². The van der Waals surface area contributed by atoms with Crippen LogP contribution >= 0.6 is 0 Å². The summed E-state index contributed by atoms with van der Waals surface area (Å²) >= 11 is 0. The van der Waals surface area contributed by atoms with Crippen LogP contribution in [-0.2, 0) is 4.74 Å². The molecule has 0 unspecified atom stereocenters. The summed E-state index contributed by atoms with van der Waals surface area (Å²) in [5.41, 5.74) is -0.0139. The Morgan fingerprint density at radius 2 is 2.12 bits per heavy atom. The van der Waals surface area contributed by atoms with Crippen LogP contribution in [0, 0.1) is 5.41 Å². The summed E-state index contributed by atoms with van der Waals surface area (Å²) in [6.07, 6.45) is 0. The largest absolute Gasteiger partial charge is 1.00 e. The summed E-state index contributed by atoms with van der Waals surface area (Å²) in [5, 5.41) is 10.2. The van der Waals surface area contributed by atoms with E-state index < -0.39 is 0 Å². The van der Waals surface area contributed by atoms with E-state index in [1.54, 1.807) is 0 Å². The number of hydrogen-bond donors (Lipinski definition) is 0. The fourth-order valence-corrected chi connectivity index (χ4v) is 0.534. The minimum absolute atomic E-state index is 0. The number of ether oxygens (including phenoxy) is 1. The van der Waals surface area contributed by atoms with E-state index in [0.717, 1.165) is 0 Å². The third kappa shape index (κ3) is 1.71. The van der Waals surface area contributed by atoms with Crippen molar-refractivity contribution < 1.29 is 39.4 Å². The van der Waals surface area contributed by atoms with Gasteiger partial charge in [-0.15, -0.1) is 6.61 Å². The van der Waals surface area contributed by atoms with Gasteiger partial charge in [-0.3, -0.25) is 0 Å². The summed E-state index contributed by atoms with van der Waals surface area (Å²) < 4.78 is 4.83. The van der Waals surface area contributed by atoms with Crippen molar-refractivity contribution in [2.24, 2.45) is 5.41 Å². The van der Waals surface area contributed by atoms with Gasteiger partial charge in [0.2, 0.25) is 0 Å². The summed E-state index contributed by atoms with van der Waals surface area (Å²) in [7, 11) is 0. The van der Waals surface area contributed by atoms with Gasteiger partial charge in [-0.25, -0.2) is 0 Å². The Balaban J connectivity index is 0.000000490. The fourth-order valence-electron chi connectivity index (χ4n) is 0.534. The molecule has 0 aromatic rings. The Kier molecular flexibility index (Phi) is 3.55. The second kappa shape index (κ2) is 3.18. The predicted molar refractivity (Wildman–Crippen MR) is 23.8 cm³/mol. The molecule has 0 aromatic carbocycles. The molecule has 8 heavy (non-hydrogen) atoms. The molecule has 0 saturated carbocycles. The van der Waals surface area contributed by atoms with E-state index in [9.17, 15) is 5.11 Å². The molecule has 1 rings (SSSR count). The van der Waals surface area contributed by atoms with E-state index in [2.05, 4.69) is 0 Å². The summed E-state index contributed by atoms with van der Waals surface area (Å²) in [4.78, 5) is 0. The SMILES string of the molecule is CC1(C[O-])COC1.[Na+]. The average Bonchev–Trinajstić information content (AvgIpc) is 1.61. The van der Waals surface area contributed by atoms with Crippen LogP contribution in [0.3, 0.4) is 0 Å². The maximum Gasteiger partial charge on any atom is 1.00 e. The molecule has 0 bridgehead atoms. The number of rotatable bonds is 1. The zero-order chi connectivity index (χ0) is 5.33. The van der Waals surface area contributed by atoms with E-state index in [-0.39, 0.29) is 41.6 Å². The maximum atomic E-state index is 10.2. The molecule has 2 nitrogen and oxygen atoms in total. The molecular weight excluding hydrogens is 115 g/mol. The Morgan fingerprint density at radius 1 is 1.62 bits per heavy atom. The molecule has 0 N–H and O–H groups in total. The molecule has 0 aromatic heterocycles. The third-order valence-corrected chi connectivity index (χ3v) is 1.25. The molecular formula is C5H9NaO2. The van der Waals surface area contributed by atoms with Gasteiger partial charge in [0, 0.05) is 0 Å². The quantitative estimate of drug-likeness (QED) is 0.338. The molecule has 0 spiro atoms. The predicted octanol–water partition coefficient (Wildman–Crippen LogP) is -3.61. The minimum atomic E-state index is -0.0139. The van der Waals surface area contributed by atoms with Crippen LogP contribution in [0.1, 0.15) is 6.92 Å². The van der Waals surface area contributed by atoms with Gasteiger partial charge in [0.05, 0.1) is 13.2 Å². The number of hydrogen-bond acceptors (Lipinski definition) is 2. The van der Waals surface area contributed by atoms with E-state index >= 15 is 0 Å². The Labute approximate surface area is 71.5 Å². The molecule has 0 atom stereocenters. The first-order valence-corrected chi connectivity index (χ1v) is 2.43. The molecule has 1 aliphatic heterocycles. The Bertz CT molecular complexity index is 65.3. The van der Waals surface area contributed by atoms with Crippen molar-refractivity contribution >= 4 is 0 Å². The second-order valence-electron chi connectivity index (χ2n) is 2.45. The first kappa shape index (κ1) is 8.92. The average molecular weight is 124 g/mol. The van der Waals surface area contributed by atoms with E-state index in [1.807, 2.05) is 6.92 Å². The summed E-state index contributed by atoms with van der Waals surface area (Å²) in [6.45, 7) is 3.28. The standard InChI is InChI=1S/C5H9O2.Na/c1-5(2-6)3-7-4-5;/h2-4H2,1H3;/q-1;+1. The van der Waals surface area contributed by atoms with E-state index in [0.29, 0.717) is 13.2 Å². The molecule has 1 heterocycles. The summed E-state index contributed by atoms with van der Waals surface area (Å²) in [5.74, 6) is 0. The molecule has 0 amide bonds. The van der Waals surface area contributed by atoms with Gasteiger partial charge in [0.1, 0.15) is 0 Å². The minimum Gasteiger partial charge on any atom is -0.854 e. The van der Waals surface area contributed by atoms with Crippen molar-refractivity contribution in [1.82, 2.24) is 0 Å². The van der Waals surface area contributed by atoms with Crippen molar-refractivity contribution in [3.8, 4) is 0 Å². The van der Waals surface area contributed by atoms with Gasteiger partial charge >= 0.3 is 29.6 Å². The first-order chi connectivity index (χ1) is 3.27. The van der Waals surface area contributed by atoms with Crippen LogP contribution in [0.4, 0.5) is 0 Å². The smallest absolute Gasteiger partial charge is 0.854 e. The molecule has 1 fully saturated rings. The van der Waals surface area contributed by atoms with Crippen LogP contribution in [0.15, 0.2) is 0 Å². The van der Waals surface area contributed by atoms with Gasteiger partial charge in [0.25, 0.3) is 0 Å². The Morgan fingerprint density at radius 3 is 2.12 bits per heavy atom. The first-order valence-electron chi connectivity index (χ1n) is 2.43. The van der Waals surface area contributed by atoms with Gasteiger partial charge in [-0.2, -0.15) is 0 Å². The summed E-state index contributed by atoms with van der Waals surface area (Å²) in [6, 6.07) is 0. The monoisotopic (exact) mass is 124 g/mol. The van der Waals surface area contributed by atoms with Crippen molar-refractivity contribution in [2.45, 2.75) is 6.92 Å². The van der Waals surface area contributed by atoms with Gasteiger partial charge < -0.3 is 9.84 Å². The van der Waals surface area contributed by atoms with Crippen molar-refractivity contribution in [3.63, 3.8) is 0 Å². The van der Waals surface area contributed by atoms with Gasteiger partial charge in [-0.1, -0.05) is 6.92 Å². The zero-order valence-electron chi connectivity index (χ0n) is 5.44. The molecule has 0 radical (unpaired) electrons. The normalized spacial score (nSPS) is 23.2. The molecule has 1 aliphatic rings. The molecule has 1 saturated heterocycles. The Hall–Kier alpha value is 0.920. The van der Waals surface area contributed by atoms with Crippen molar-refractivity contribution in [2.75, 3.05) is 19.8 Å². The molecule has 3 heteroatoms. The van der Waals surface area contributed by atoms with Crippen molar-refractivity contribution in [3.05, 3.63) is 0 Å². The van der Waals surface area contributed by atoms with Gasteiger partial charge in [0.15, 0.2) is 0 Å². The zero-order valence-corrected chi connectivity index (χ0v) is 7.44. The van der Waals surface area contributed by atoms with Crippen LogP contribution in [-0.4, -0.2) is 19.8 Å². The van der Waals surface area contributed by atoms with Crippen molar-refractivity contribution in [1.29, 1.82) is 0 Å². The van der Waals surface area contributed by atoms with Crippen LogP contribution in [0.5, 0.6) is 0 Å². The maximum absolute atomic E-state index is 10.2. The third-order valence-electron chi connectivity index (χ3n) is 1.25. The molecule has 0 aliphatic carbocycles. The van der Waals surface area contributed by atoms with Crippen LogP contribution in [0.25, 0.3) is 0 Å². The van der Waals surface area contributed by atoms with Gasteiger partial charge in [-0.05, 0) is 5.41 Å². The molecule has 42 valence electrons. The van der Waals surface area contributed by atoms with Crippen LogP contribution < -0.4 is 34.7 Å². The van der Waals surface area contributed by atoms with E-state index in [1.165, 1.54) is 0 Å². The van der Waals surface area contributed by atoms with E-state index in [4.69, 9.17) is 4.74 Å². The van der Waals surface area contributed by atoms with Crippen LogP contribution in [0.2, 0.25) is 0 Å².